The lowest BCUT2D eigenvalue weighted by molar-refractivity contribution is -0.132. The second-order valence-corrected chi connectivity index (χ2v) is 9.71. The molecular weight excluding hydrogens is 388 g/mol. The van der Waals surface area contributed by atoms with E-state index >= 15 is 0 Å². The van der Waals surface area contributed by atoms with Gasteiger partial charge in [0.15, 0.2) is 0 Å². The largest absolute Gasteiger partial charge is 0.497 e. The molecule has 0 bridgehead atoms. The molecule has 1 heterocycles. The molecule has 0 unspecified atom stereocenters. The lowest BCUT2D eigenvalue weighted by atomic mass is 9.82. The highest BCUT2D eigenvalue weighted by atomic mass is 32.2. The molecule has 1 atom stereocenters. The number of hydrogen-bond donors (Lipinski definition) is 1. The zero-order valence-electron chi connectivity index (χ0n) is 17.1. The van der Waals surface area contributed by atoms with Crippen LogP contribution in [-0.4, -0.2) is 38.8 Å². The fraction of sp³-hybridized carbons (Fsp3) is 0.409. The van der Waals surface area contributed by atoms with Crippen LogP contribution < -0.4 is 10.1 Å². The molecule has 0 spiro atoms. The van der Waals surface area contributed by atoms with Crippen molar-refractivity contribution in [2.45, 2.75) is 38.1 Å². The van der Waals surface area contributed by atoms with Crippen LogP contribution >= 0.6 is 0 Å². The average molecular weight is 417 g/mol. The molecule has 1 N–H and O–H groups in total. The van der Waals surface area contributed by atoms with E-state index < -0.39 is 15.4 Å². The summed E-state index contributed by atoms with van der Waals surface area (Å²) in [5.41, 5.74) is 0.871. The van der Waals surface area contributed by atoms with Crippen LogP contribution in [0.1, 0.15) is 30.9 Å². The highest BCUT2D eigenvalue weighted by Gasteiger charge is 2.42. The van der Waals surface area contributed by atoms with Gasteiger partial charge in [-0.05, 0) is 56.0 Å². The van der Waals surface area contributed by atoms with Crippen LogP contribution in [0.5, 0.6) is 5.75 Å². The summed E-state index contributed by atoms with van der Waals surface area (Å²) in [4.78, 5) is 13.3. The van der Waals surface area contributed by atoms with E-state index in [-0.39, 0.29) is 12.5 Å². The Hall–Kier alpha value is -2.38. The predicted octanol–water partition coefficient (Wildman–Crippen LogP) is 3.11. The molecule has 1 amide bonds. The summed E-state index contributed by atoms with van der Waals surface area (Å²) in [5.74, 6) is 0.598. The van der Waals surface area contributed by atoms with E-state index in [2.05, 4.69) is 5.32 Å². The molecule has 29 heavy (non-hydrogen) atoms. The zero-order chi connectivity index (χ0) is 21.1. The van der Waals surface area contributed by atoms with Gasteiger partial charge in [-0.2, -0.15) is 4.31 Å². The second kappa shape index (κ2) is 8.55. The first-order valence-corrected chi connectivity index (χ1v) is 11.2. The maximum absolute atomic E-state index is 13.1. The number of piperidine rings is 1. The monoisotopic (exact) mass is 416 g/mol. The first-order chi connectivity index (χ1) is 13.8. The van der Waals surface area contributed by atoms with E-state index in [1.54, 1.807) is 32.2 Å². The number of aryl methyl sites for hydroxylation is 1. The molecule has 3 rings (SSSR count). The summed E-state index contributed by atoms with van der Waals surface area (Å²) >= 11 is 0. The summed E-state index contributed by atoms with van der Waals surface area (Å²) in [6.07, 6.45) is 1.30. The van der Waals surface area contributed by atoms with Crippen molar-refractivity contribution < 1.29 is 17.9 Å². The van der Waals surface area contributed by atoms with Crippen molar-refractivity contribution in [3.8, 4) is 5.75 Å². The van der Waals surface area contributed by atoms with Crippen LogP contribution in [0.25, 0.3) is 0 Å². The number of methoxy groups -OCH3 is 1. The number of sulfonamides is 1. The lowest BCUT2D eigenvalue weighted by Gasteiger charge is -2.38. The molecule has 1 aliphatic rings. The minimum atomic E-state index is -3.64. The number of carbonyl (C=O) groups excluding carboxylic acids is 1. The number of benzene rings is 2. The van der Waals surface area contributed by atoms with E-state index in [0.29, 0.717) is 36.4 Å². The summed E-state index contributed by atoms with van der Waals surface area (Å²) in [6.45, 7) is 4.60. The highest BCUT2D eigenvalue weighted by Crippen LogP contribution is 2.33. The first-order valence-electron chi connectivity index (χ1n) is 9.73. The minimum absolute atomic E-state index is 0.134. The Kier molecular flexibility index (Phi) is 6.29. The molecule has 1 aliphatic heterocycles. The third-order valence-electron chi connectivity index (χ3n) is 5.51. The summed E-state index contributed by atoms with van der Waals surface area (Å²) in [6, 6.07) is 14.5. The number of carbonyl (C=O) groups is 1. The molecule has 0 aromatic heterocycles. The number of hydrogen-bond acceptors (Lipinski definition) is 4. The Bertz CT molecular complexity index is 990. The molecule has 0 radical (unpaired) electrons. The molecule has 1 saturated heterocycles. The van der Waals surface area contributed by atoms with Crippen molar-refractivity contribution in [1.82, 2.24) is 9.62 Å². The van der Waals surface area contributed by atoms with Gasteiger partial charge in [0.2, 0.25) is 15.9 Å². The third-order valence-corrected chi connectivity index (χ3v) is 7.51. The number of rotatable bonds is 6. The molecule has 156 valence electrons. The van der Waals surface area contributed by atoms with Crippen LogP contribution in [0, 0.1) is 12.3 Å². The fourth-order valence-corrected chi connectivity index (χ4v) is 5.57. The van der Waals surface area contributed by atoms with Crippen molar-refractivity contribution in [3.63, 3.8) is 0 Å². The van der Waals surface area contributed by atoms with Crippen LogP contribution in [0.3, 0.4) is 0 Å². The van der Waals surface area contributed by atoms with Gasteiger partial charge in [-0.1, -0.05) is 30.3 Å². The number of amides is 1. The minimum Gasteiger partial charge on any atom is -0.497 e. The van der Waals surface area contributed by atoms with Gasteiger partial charge >= 0.3 is 0 Å². The first kappa shape index (κ1) is 21.3. The van der Waals surface area contributed by atoms with Gasteiger partial charge in [-0.15, -0.1) is 0 Å². The molecule has 0 saturated carbocycles. The lowest BCUT2D eigenvalue weighted by Crippen LogP contribution is -2.51. The van der Waals surface area contributed by atoms with E-state index in [0.717, 1.165) is 11.3 Å². The molecule has 2 aromatic carbocycles. The number of nitrogens with zero attached hydrogens (tertiary/aromatic N) is 1. The van der Waals surface area contributed by atoms with Crippen molar-refractivity contribution in [2.24, 2.45) is 5.41 Å². The van der Waals surface area contributed by atoms with Crippen LogP contribution in [-0.2, 0) is 21.4 Å². The van der Waals surface area contributed by atoms with Crippen LogP contribution in [0.2, 0.25) is 0 Å². The van der Waals surface area contributed by atoms with Gasteiger partial charge in [-0.25, -0.2) is 8.42 Å². The molecular formula is C22H28N2O4S. The molecule has 6 nitrogen and oxygen atoms in total. The van der Waals surface area contributed by atoms with E-state index in [4.69, 9.17) is 4.74 Å². The van der Waals surface area contributed by atoms with E-state index in [1.165, 1.54) is 4.31 Å². The van der Waals surface area contributed by atoms with Crippen molar-refractivity contribution in [3.05, 3.63) is 59.7 Å². The molecule has 0 aliphatic carbocycles. The zero-order valence-corrected chi connectivity index (χ0v) is 18.0. The summed E-state index contributed by atoms with van der Waals surface area (Å²) < 4.78 is 33.0. The summed E-state index contributed by atoms with van der Waals surface area (Å²) in [5, 5.41) is 2.97. The van der Waals surface area contributed by atoms with E-state index in [1.807, 2.05) is 37.3 Å². The summed E-state index contributed by atoms with van der Waals surface area (Å²) in [7, 11) is -2.04. The highest BCUT2D eigenvalue weighted by molar-refractivity contribution is 7.89. The molecule has 2 aromatic rings. The second-order valence-electron chi connectivity index (χ2n) is 7.80. The topological polar surface area (TPSA) is 75.7 Å². The standard InChI is InChI=1S/C22H28N2O4S/c1-17-8-4-5-11-20(17)29(26,27)24-13-7-12-22(2,16-24)21(25)23-15-18-9-6-10-19(14-18)28-3/h4-6,8-11,14H,7,12-13,15-16H2,1-3H3,(H,23,25)/t22-/m0/s1. The van der Waals surface area contributed by atoms with Gasteiger partial charge in [-0.3, -0.25) is 4.79 Å². The van der Waals surface area contributed by atoms with Crippen LogP contribution in [0.15, 0.2) is 53.4 Å². The van der Waals surface area contributed by atoms with Gasteiger partial charge in [0, 0.05) is 19.6 Å². The Labute approximate surface area is 172 Å². The van der Waals surface area contributed by atoms with Crippen molar-refractivity contribution >= 4 is 15.9 Å². The maximum Gasteiger partial charge on any atom is 0.243 e. The number of ether oxygens (including phenoxy) is 1. The Morgan fingerprint density at radius 2 is 1.97 bits per heavy atom. The van der Waals surface area contributed by atoms with Gasteiger partial charge < -0.3 is 10.1 Å². The van der Waals surface area contributed by atoms with Crippen molar-refractivity contribution in [2.75, 3.05) is 20.2 Å². The fourth-order valence-electron chi connectivity index (χ4n) is 3.75. The smallest absolute Gasteiger partial charge is 0.243 e. The van der Waals surface area contributed by atoms with Gasteiger partial charge in [0.05, 0.1) is 17.4 Å². The van der Waals surface area contributed by atoms with Gasteiger partial charge in [0.25, 0.3) is 0 Å². The molecule has 1 fully saturated rings. The number of nitrogens with one attached hydrogen (secondary N) is 1. The van der Waals surface area contributed by atoms with Crippen LogP contribution in [0.4, 0.5) is 0 Å². The average Bonchev–Trinajstić information content (AvgIpc) is 2.72. The maximum atomic E-state index is 13.1. The Morgan fingerprint density at radius 3 is 2.69 bits per heavy atom. The third kappa shape index (κ3) is 4.62. The van der Waals surface area contributed by atoms with Crippen molar-refractivity contribution in [1.29, 1.82) is 0 Å². The SMILES string of the molecule is COc1cccc(CNC(=O)[C@@]2(C)CCCN(S(=O)(=O)c3ccccc3C)C2)c1. The van der Waals surface area contributed by atoms with Gasteiger partial charge in [0.1, 0.15) is 5.75 Å². The quantitative estimate of drug-likeness (QED) is 0.785. The molecule has 7 heteroatoms. The normalized spacial score (nSPS) is 20.2. The van der Waals surface area contributed by atoms with E-state index in [9.17, 15) is 13.2 Å². The Morgan fingerprint density at radius 1 is 1.21 bits per heavy atom. The predicted molar refractivity (Wildman–Crippen MR) is 112 cm³/mol. The Balaban J connectivity index is 1.72.